The first kappa shape index (κ1) is 22.7. The Hall–Kier alpha value is -3.47. The van der Waals surface area contributed by atoms with Gasteiger partial charge in [-0.3, -0.25) is 19.6 Å². The Morgan fingerprint density at radius 1 is 1.36 bits per heavy atom. The molecule has 1 aliphatic rings. The molecule has 1 aliphatic carbocycles. The fourth-order valence-corrected chi connectivity index (χ4v) is 4.91. The first-order chi connectivity index (χ1) is 15.9. The van der Waals surface area contributed by atoms with Gasteiger partial charge < -0.3 is 14.5 Å². The number of carbonyl (C=O) groups excluding carboxylic acids is 2. The van der Waals surface area contributed by atoms with Crippen molar-refractivity contribution in [2.24, 2.45) is 0 Å². The highest BCUT2D eigenvalue weighted by Crippen LogP contribution is 2.39. The first-order valence-corrected chi connectivity index (χ1v) is 11.6. The normalized spacial score (nSPS) is 13.9. The predicted molar refractivity (Wildman–Crippen MR) is 121 cm³/mol. The molecule has 1 unspecified atom stereocenters. The zero-order valence-electron chi connectivity index (χ0n) is 18.3. The maximum Gasteiger partial charge on any atom is 0.341 e. The zero-order valence-corrected chi connectivity index (χ0v) is 19.1. The summed E-state index contributed by atoms with van der Waals surface area (Å²) >= 11 is 1.41. The summed E-state index contributed by atoms with van der Waals surface area (Å²) in [6.45, 7) is 3.92. The van der Waals surface area contributed by atoms with Crippen LogP contribution in [0.15, 0.2) is 28.9 Å². The number of hydrogen-bond donors (Lipinski definition) is 1. The third kappa shape index (κ3) is 4.98. The van der Waals surface area contributed by atoms with E-state index in [9.17, 15) is 19.7 Å². The molecule has 33 heavy (non-hydrogen) atoms. The second-order valence-corrected chi connectivity index (χ2v) is 9.02. The van der Waals surface area contributed by atoms with E-state index in [1.54, 1.807) is 6.07 Å². The van der Waals surface area contributed by atoms with Gasteiger partial charge in [-0.25, -0.2) is 4.79 Å². The minimum atomic E-state index is -0.533. The smallest absolute Gasteiger partial charge is 0.341 e. The van der Waals surface area contributed by atoms with Crippen molar-refractivity contribution in [2.45, 2.75) is 58.6 Å². The number of furan rings is 1. The van der Waals surface area contributed by atoms with Crippen LogP contribution in [0, 0.1) is 10.1 Å². The Morgan fingerprint density at radius 2 is 2.15 bits per heavy atom. The summed E-state index contributed by atoms with van der Waals surface area (Å²) in [6, 6.07) is 3.13. The highest BCUT2D eigenvalue weighted by Gasteiger charge is 2.28. The fourth-order valence-electron chi connectivity index (χ4n) is 3.64. The highest BCUT2D eigenvalue weighted by molar-refractivity contribution is 7.17. The van der Waals surface area contributed by atoms with Gasteiger partial charge in [0.25, 0.3) is 5.91 Å². The van der Waals surface area contributed by atoms with Gasteiger partial charge >= 0.3 is 11.7 Å². The lowest BCUT2D eigenvalue weighted by molar-refractivity contribution is -0.385. The second kappa shape index (κ2) is 9.57. The summed E-state index contributed by atoms with van der Waals surface area (Å²) in [5.41, 5.74) is 1.28. The number of ether oxygens (including phenoxy) is 1. The van der Waals surface area contributed by atoms with Gasteiger partial charge in [-0.1, -0.05) is 6.92 Å². The van der Waals surface area contributed by atoms with E-state index >= 15 is 0 Å². The summed E-state index contributed by atoms with van der Waals surface area (Å²) in [4.78, 5) is 37.1. The lowest BCUT2D eigenvalue weighted by Gasteiger charge is -2.15. The molecule has 1 atom stereocenters. The highest BCUT2D eigenvalue weighted by atomic mass is 32.1. The Kier molecular flexibility index (Phi) is 6.59. The van der Waals surface area contributed by atoms with E-state index in [4.69, 9.17) is 9.15 Å². The minimum absolute atomic E-state index is 0.0688. The van der Waals surface area contributed by atoms with Crippen LogP contribution >= 0.6 is 11.3 Å². The molecule has 3 heterocycles. The molecular weight excluding hydrogens is 448 g/mol. The number of aryl methyl sites for hydroxylation is 1. The van der Waals surface area contributed by atoms with Crippen LogP contribution in [0.25, 0.3) is 0 Å². The number of nitro groups is 1. The Bertz CT molecular complexity index is 1190. The van der Waals surface area contributed by atoms with Crippen LogP contribution in [0.4, 0.5) is 10.7 Å². The van der Waals surface area contributed by atoms with Gasteiger partial charge in [-0.15, -0.1) is 11.3 Å². The van der Waals surface area contributed by atoms with Crippen molar-refractivity contribution >= 4 is 33.9 Å². The van der Waals surface area contributed by atoms with Gasteiger partial charge in [0.15, 0.2) is 5.76 Å². The standard InChI is InChI=1S/C22H24N4O6S/c1-3-13(2)31-22(28)19-16-6-4-5-7-18(16)33-21(19)24-20(27)17-9-8-15(32-17)12-25-11-14(10-23-25)26(29)30/h8-11,13H,3-7,12H2,1-2H3,(H,24,27). The molecule has 0 aliphatic heterocycles. The number of thiophene rings is 1. The number of hydrogen-bond acceptors (Lipinski definition) is 8. The average Bonchev–Trinajstić information content (AvgIpc) is 3.52. The number of carbonyl (C=O) groups is 2. The average molecular weight is 473 g/mol. The Balaban J connectivity index is 1.52. The summed E-state index contributed by atoms with van der Waals surface area (Å²) in [5.74, 6) is -0.414. The molecule has 1 amide bonds. The summed E-state index contributed by atoms with van der Waals surface area (Å²) < 4.78 is 12.5. The topological polar surface area (TPSA) is 130 Å². The molecule has 0 aromatic carbocycles. The van der Waals surface area contributed by atoms with Gasteiger partial charge in [0, 0.05) is 4.88 Å². The molecule has 0 radical (unpaired) electrons. The lowest BCUT2D eigenvalue weighted by Crippen LogP contribution is -2.18. The van der Waals surface area contributed by atoms with Gasteiger partial charge in [0.2, 0.25) is 0 Å². The number of nitrogens with one attached hydrogen (secondary N) is 1. The van der Waals surface area contributed by atoms with Crippen LogP contribution < -0.4 is 5.32 Å². The number of aromatic nitrogens is 2. The molecule has 10 nitrogen and oxygen atoms in total. The molecule has 3 aromatic heterocycles. The lowest BCUT2D eigenvalue weighted by atomic mass is 9.95. The third-order valence-electron chi connectivity index (χ3n) is 5.52. The molecule has 0 saturated carbocycles. The van der Waals surface area contributed by atoms with Gasteiger partial charge in [-0.2, -0.15) is 5.10 Å². The fraction of sp³-hybridized carbons (Fsp3) is 0.409. The first-order valence-electron chi connectivity index (χ1n) is 10.8. The molecule has 174 valence electrons. The summed E-state index contributed by atoms with van der Waals surface area (Å²) in [5, 5.41) is 18.0. The number of amides is 1. The van der Waals surface area contributed by atoms with Crippen LogP contribution in [0.1, 0.15) is 70.2 Å². The third-order valence-corrected chi connectivity index (χ3v) is 6.73. The van der Waals surface area contributed by atoms with Crippen molar-refractivity contribution in [3.05, 3.63) is 62.2 Å². The van der Waals surface area contributed by atoms with Gasteiger partial charge in [0.1, 0.15) is 23.2 Å². The molecule has 4 rings (SSSR count). The quantitative estimate of drug-likeness (QED) is 0.288. The van der Waals surface area contributed by atoms with Crippen LogP contribution in [-0.2, 0) is 24.1 Å². The van der Waals surface area contributed by atoms with Gasteiger partial charge in [0.05, 0.1) is 23.1 Å². The van der Waals surface area contributed by atoms with E-state index in [0.29, 0.717) is 22.7 Å². The number of fused-ring (bicyclic) bond motifs is 1. The molecule has 0 saturated heterocycles. The van der Waals surface area contributed by atoms with Gasteiger partial charge in [-0.05, 0) is 56.7 Å². The van der Waals surface area contributed by atoms with Crippen molar-refractivity contribution in [2.75, 3.05) is 5.32 Å². The van der Waals surface area contributed by atoms with E-state index in [0.717, 1.165) is 42.3 Å². The van der Waals surface area contributed by atoms with Crippen LogP contribution in [0.5, 0.6) is 0 Å². The van der Waals surface area contributed by atoms with E-state index in [1.807, 2.05) is 13.8 Å². The predicted octanol–water partition coefficient (Wildman–Crippen LogP) is 4.58. The maximum absolute atomic E-state index is 12.9. The Morgan fingerprint density at radius 3 is 2.88 bits per heavy atom. The number of esters is 1. The molecule has 0 bridgehead atoms. The molecule has 1 N–H and O–H groups in total. The van der Waals surface area contributed by atoms with Crippen molar-refractivity contribution in [1.29, 1.82) is 0 Å². The van der Waals surface area contributed by atoms with Crippen LogP contribution in [0.2, 0.25) is 0 Å². The molecule has 0 fully saturated rings. The number of rotatable bonds is 8. The summed E-state index contributed by atoms with van der Waals surface area (Å²) in [7, 11) is 0. The monoisotopic (exact) mass is 472 g/mol. The minimum Gasteiger partial charge on any atom is -0.459 e. The van der Waals surface area contributed by atoms with E-state index in [-0.39, 0.29) is 24.1 Å². The second-order valence-electron chi connectivity index (χ2n) is 7.91. The number of anilines is 1. The van der Waals surface area contributed by atoms with Crippen LogP contribution in [-0.4, -0.2) is 32.7 Å². The van der Waals surface area contributed by atoms with E-state index in [2.05, 4.69) is 10.4 Å². The largest absolute Gasteiger partial charge is 0.459 e. The Labute approximate surface area is 193 Å². The molecular formula is C22H24N4O6S. The van der Waals surface area contributed by atoms with Crippen LogP contribution in [0.3, 0.4) is 0 Å². The zero-order chi connectivity index (χ0) is 23.5. The van der Waals surface area contributed by atoms with Crippen molar-refractivity contribution in [1.82, 2.24) is 9.78 Å². The van der Waals surface area contributed by atoms with E-state index < -0.39 is 16.8 Å². The van der Waals surface area contributed by atoms with Crippen molar-refractivity contribution < 1.29 is 23.7 Å². The molecule has 0 spiro atoms. The van der Waals surface area contributed by atoms with Crippen molar-refractivity contribution in [3.8, 4) is 0 Å². The van der Waals surface area contributed by atoms with E-state index in [1.165, 1.54) is 28.3 Å². The maximum atomic E-state index is 12.9. The summed E-state index contributed by atoms with van der Waals surface area (Å²) in [6.07, 6.45) is 6.62. The number of nitrogens with zero attached hydrogens (tertiary/aromatic N) is 3. The molecule has 11 heteroatoms. The van der Waals surface area contributed by atoms with Crippen molar-refractivity contribution in [3.63, 3.8) is 0 Å². The molecule has 3 aromatic rings. The SMILES string of the molecule is CCC(C)OC(=O)c1c(NC(=O)c2ccc(Cn3cc([N+](=O)[O-])cn3)o2)sc2c1CCCC2.